The van der Waals surface area contributed by atoms with Gasteiger partial charge >= 0.3 is 0 Å². The van der Waals surface area contributed by atoms with Gasteiger partial charge in [0.15, 0.2) is 0 Å². The van der Waals surface area contributed by atoms with Crippen LogP contribution in [0.15, 0.2) is 24.3 Å². The number of para-hydroxylation sites is 1. The fourth-order valence-corrected chi connectivity index (χ4v) is 3.34. The predicted octanol–water partition coefficient (Wildman–Crippen LogP) is 1.74. The van der Waals surface area contributed by atoms with E-state index in [1.54, 1.807) is 0 Å². The average molecular weight is 294 g/mol. The van der Waals surface area contributed by atoms with Crippen LogP contribution in [-0.2, 0) is 4.79 Å². The van der Waals surface area contributed by atoms with Crippen LogP contribution in [0.4, 0.5) is 5.69 Å². The van der Waals surface area contributed by atoms with Gasteiger partial charge < -0.3 is 10.2 Å². The highest BCUT2D eigenvalue weighted by Crippen LogP contribution is 2.29. The number of benzene rings is 1. The molecule has 0 radical (unpaired) electrons. The first-order valence-corrected chi connectivity index (χ1v) is 7.66. The molecule has 1 aromatic carbocycles. The first kappa shape index (κ1) is 13.9. The van der Waals surface area contributed by atoms with Crippen molar-refractivity contribution in [2.45, 2.75) is 18.9 Å². The summed E-state index contributed by atoms with van der Waals surface area (Å²) in [5.41, 5.74) is 0.846. The van der Waals surface area contributed by atoms with Crippen LogP contribution in [0.2, 0.25) is 5.02 Å². The van der Waals surface area contributed by atoms with Crippen molar-refractivity contribution in [3.8, 4) is 0 Å². The van der Waals surface area contributed by atoms with Gasteiger partial charge in [-0.2, -0.15) is 0 Å². The molecule has 2 aliphatic rings. The second-order valence-electron chi connectivity index (χ2n) is 5.39. The minimum Gasteiger partial charge on any atom is -0.314 e. The first-order chi connectivity index (χ1) is 9.77. The summed E-state index contributed by atoms with van der Waals surface area (Å²) in [5, 5.41) is 3.99. The van der Waals surface area contributed by atoms with Crippen LogP contribution in [0, 0.1) is 0 Å². The van der Waals surface area contributed by atoms with Crippen LogP contribution in [0.5, 0.6) is 0 Å². The Morgan fingerprint density at radius 3 is 2.65 bits per heavy atom. The van der Waals surface area contributed by atoms with Gasteiger partial charge in [0.1, 0.15) is 0 Å². The molecule has 0 aliphatic carbocycles. The van der Waals surface area contributed by atoms with Crippen molar-refractivity contribution in [1.82, 2.24) is 10.2 Å². The number of halogens is 1. The third-order valence-electron chi connectivity index (χ3n) is 4.15. The van der Waals surface area contributed by atoms with Gasteiger partial charge in [-0.15, -0.1) is 0 Å². The Hall–Kier alpha value is -1.10. The van der Waals surface area contributed by atoms with Gasteiger partial charge in [0.05, 0.1) is 16.8 Å². The molecule has 1 aromatic rings. The average Bonchev–Trinajstić information content (AvgIpc) is 2.49. The van der Waals surface area contributed by atoms with E-state index >= 15 is 0 Å². The topological polar surface area (TPSA) is 35.6 Å². The highest BCUT2D eigenvalue weighted by Gasteiger charge is 2.34. The molecule has 4 nitrogen and oxygen atoms in total. The Morgan fingerprint density at radius 1 is 1.15 bits per heavy atom. The van der Waals surface area contributed by atoms with Crippen molar-refractivity contribution in [1.29, 1.82) is 0 Å². The second kappa shape index (κ2) is 6.12. The molecule has 108 valence electrons. The van der Waals surface area contributed by atoms with E-state index in [9.17, 15) is 4.79 Å². The lowest BCUT2D eigenvalue weighted by Gasteiger charge is -2.40. The molecule has 5 heteroatoms. The van der Waals surface area contributed by atoms with E-state index in [0.717, 1.165) is 51.3 Å². The summed E-state index contributed by atoms with van der Waals surface area (Å²) in [4.78, 5) is 16.9. The maximum absolute atomic E-state index is 12.8. The molecule has 2 aliphatic heterocycles. The first-order valence-electron chi connectivity index (χ1n) is 7.28. The SMILES string of the molecule is O=C1C(N2CCNCC2)CCCN1c1ccccc1Cl. The standard InChI is InChI=1S/C15H20ClN3O/c16-12-4-1-2-5-13(12)19-9-3-6-14(15(19)20)18-10-7-17-8-11-18/h1-2,4-5,14,17H,3,6-11H2. The summed E-state index contributed by atoms with van der Waals surface area (Å²) in [7, 11) is 0. The molecular weight excluding hydrogens is 274 g/mol. The van der Waals surface area contributed by atoms with E-state index < -0.39 is 0 Å². The number of hydrogen-bond acceptors (Lipinski definition) is 3. The number of piperidine rings is 1. The van der Waals surface area contributed by atoms with Gasteiger partial charge in [0.25, 0.3) is 0 Å². The number of anilines is 1. The molecule has 0 bridgehead atoms. The van der Waals surface area contributed by atoms with Crippen molar-refractivity contribution < 1.29 is 4.79 Å². The summed E-state index contributed by atoms with van der Waals surface area (Å²) < 4.78 is 0. The van der Waals surface area contributed by atoms with Gasteiger partial charge in [-0.25, -0.2) is 0 Å². The van der Waals surface area contributed by atoms with E-state index in [1.165, 1.54) is 0 Å². The van der Waals surface area contributed by atoms with Crippen LogP contribution in [0.3, 0.4) is 0 Å². The molecule has 0 spiro atoms. The zero-order valence-corrected chi connectivity index (χ0v) is 12.3. The number of carbonyl (C=O) groups excluding carboxylic acids is 1. The zero-order valence-electron chi connectivity index (χ0n) is 11.5. The molecule has 0 aromatic heterocycles. The molecule has 3 rings (SSSR count). The Bertz CT molecular complexity index is 488. The van der Waals surface area contributed by atoms with Gasteiger partial charge in [-0.1, -0.05) is 23.7 Å². The molecule has 0 saturated carbocycles. The van der Waals surface area contributed by atoms with Crippen LogP contribution in [-0.4, -0.2) is 49.6 Å². The van der Waals surface area contributed by atoms with Crippen LogP contribution >= 0.6 is 11.6 Å². The van der Waals surface area contributed by atoms with Crippen molar-refractivity contribution >= 4 is 23.2 Å². The maximum atomic E-state index is 12.8. The molecule has 1 atom stereocenters. The van der Waals surface area contributed by atoms with Crippen molar-refractivity contribution in [3.63, 3.8) is 0 Å². The molecule has 2 saturated heterocycles. The highest BCUT2D eigenvalue weighted by atomic mass is 35.5. The fraction of sp³-hybridized carbons (Fsp3) is 0.533. The number of nitrogens with zero attached hydrogens (tertiary/aromatic N) is 2. The van der Waals surface area contributed by atoms with Crippen LogP contribution in [0.25, 0.3) is 0 Å². The lowest BCUT2D eigenvalue weighted by molar-refractivity contribution is -0.125. The molecule has 2 fully saturated rings. The van der Waals surface area contributed by atoms with E-state index in [-0.39, 0.29) is 11.9 Å². The highest BCUT2D eigenvalue weighted by molar-refractivity contribution is 6.33. The summed E-state index contributed by atoms with van der Waals surface area (Å²) in [5.74, 6) is 0.200. The largest absolute Gasteiger partial charge is 0.314 e. The van der Waals surface area contributed by atoms with Gasteiger partial charge in [0.2, 0.25) is 5.91 Å². The molecule has 1 amide bonds. The summed E-state index contributed by atoms with van der Waals surface area (Å²) in [6.07, 6.45) is 1.99. The summed E-state index contributed by atoms with van der Waals surface area (Å²) in [6, 6.07) is 7.62. The lowest BCUT2D eigenvalue weighted by atomic mass is 10.0. The van der Waals surface area contributed by atoms with Crippen molar-refractivity contribution in [2.24, 2.45) is 0 Å². The predicted molar refractivity (Wildman–Crippen MR) is 81.3 cm³/mol. The Morgan fingerprint density at radius 2 is 1.90 bits per heavy atom. The summed E-state index contributed by atoms with van der Waals surface area (Å²) >= 11 is 6.24. The van der Waals surface area contributed by atoms with E-state index in [2.05, 4.69) is 10.2 Å². The minimum atomic E-state index is 0.0159. The third-order valence-corrected chi connectivity index (χ3v) is 4.47. The number of hydrogen-bond donors (Lipinski definition) is 1. The monoisotopic (exact) mass is 293 g/mol. The number of piperazine rings is 1. The fourth-order valence-electron chi connectivity index (χ4n) is 3.10. The smallest absolute Gasteiger partial charge is 0.244 e. The van der Waals surface area contributed by atoms with Crippen LogP contribution in [0.1, 0.15) is 12.8 Å². The van der Waals surface area contributed by atoms with Gasteiger partial charge in [-0.05, 0) is 25.0 Å². The minimum absolute atomic E-state index is 0.0159. The van der Waals surface area contributed by atoms with Crippen LogP contribution < -0.4 is 10.2 Å². The number of amides is 1. The second-order valence-corrected chi connectivity index (χ2v) is 5.79. The van der Waals surface area contributed by atoms with Gasteiger partial charge in [-0.3, -0.25) is 9.69 Å². The molecular formula is C15H20ClN3O. The Labute approximate surface area is 124 Å². The van der Waals surface area contributed by atoms with E-state index in [0.29, 0.717) is 5.02 Å². The zero-order chi connectivity index (χ0) is 13.9. The van der Waals surface area contributed by atoms with Crippen molar-refractivity contribution in [3.05, 3.63) is 29.3 Å². The molecule has 1 unspecified atom stereocenters. The molecule has 20 heavy (non-hydrogen) atoms. The lowest BCUT2D eigenvalue weighted by Crippen LogP contribution is -2.57. The maximum Gasteiger partial charge on any atom is 0.244 e. The third kappa shape index (κ3) is 2.68. The van der Waals surface area contributed by atoms with Gasteiger partial charge in [0, 0.05) is 32.7 Å². The Balaban J connectivity index is 1.79. The van der Waals surface area contributed by atoms with Crippen molar-refractivity contribution in [2.75, 3.05) is 37.6 Å². The van der Waals surface area contributed by atoms with E-state index in [1.807, 2.05) is 29.2 Å². The number of rotatable bonds is 2. The number of nitrogens with one attached hydrogen (secondary N) is 1. The summed E-state index contributed by atoms with van der Waals surface area (Å²) in [6.45, 7) is 4.61. The Kier molecular flexibility index (Phi) is 4.24. The quantitative estimate of drug-likeness (QED) is 0.902. The van der Waals surface area contributed by atoms with E-state index in [4.69, 9.17) is 11.6 Å². The molecule has 1 N–H and O–H groups in total. The molecule has 2 heterocycles. The normalized spacial score (nSPS) is 24.9. The number of carbonyl (C=O) groups is 1.